The molecular formula is C16H13Br2ClO3. The topological polar surface area (TPSA) is 35.5 Å². The fourth-order valence-corrected chi connectivity index (χ4v) is 3.40. The van der Waals surface area contributed by atoms with Gasteiger partial charge in [-0.05, 0) is 57.0 Å². The predicted molar refractivity (Wildman–Crippen MR) is 93.6 cm³/mol. The van der Waals surface area contributed by atoms with E-state index in [1.54, 1.807) is 19.1 Å². The molecule has 116 valence electrons. The lowest BCUT2D eigenvalue weighted by Crippen LogP contribution is -2.05. The van der Waals surface area contributed by atoms with Gasteiger partial charge in [0.15, 0.2) is 0 Å². The van der Waals surface area contributed by atoms with E-state index < -0.39 is 0 Å². The SMILES string of the molecule is CCOC(=O)c1cc(Br)c(OCc2ccccc2Cl)c(Br)c1. The molecule has 0 aromatic heterocycles. The molecule has 0 aliphatic carbocycles. The summed E-state index contributed by atoms with van der Waals surface area (Å²) in [6.45, 7) is 2.43. The molecule has 22 heavy (non-hydrogen) atoms. The van der Waals surface area contributed by atoms with E-state index in [0.29, 0.717) is 38.5 Å². The molecule has 2 aromatic carbocycles. The Kier molecular flexibility index (Phi) is 6.29. The molecule has 0 amide bonds. The van der Waals surface area contributed by atoms with Crippen LogP contribution in [0.25, 0.3) is 0 Å². The van der Waals surface area contributed by atoms with Crippen LogP contribution in [0.5, 0.6) is 5.75 Å². The molecule has 6 heteroatoms. The Labute approximate surface area is 150 Å². The van der Waals surface area contributed by atoms with E-state index in [1.807, 2.05) is 24.3 Å². The van der Waals surface area contributed by atoms with E-state index in [2.05, 4.69) is 31.9 Å². The van der Waals surface area contributed by atoms with Crippen LogP contribution in [0.4, 0.5) is 0 Å². The summed E-state index contributed by atoms with van der Waals surface area (Å²) < 4.78 is 12.1. The van der Waals surface area contributed by atoms with Crippen molar-refractivity contribution in [2.75, 3.05) is 6.61 Å². The highest BCUT2D eigenvalue weighted by Gasteiger charge is 2.14. The van der Waals surface area contributed by atoms with Gasteiger partial charge in [0, 0.05) is 10.6 Å². The highest BCUT2D eigenvalue weighted by molar-refractivity contribution is 9.11. The van der Waals surface area contributed by atoms with Gasteiger partial charge >= 0.3 is 5.97 Å². The van der Waals surface area contributed by atoms with Gasteiger partial charge in [0.2, 0.25) is 0 Å². The van der Waals surface area contributed by atoms with Gasteiger partial charge in [-0.3, -0.25) is 0 Å². The van der Waals surface area contributed by atoms with E-state index in [-0.39, 0.29) is 5.97 Å². The fraction of sp³-hybridized carbons (Fsp3) is 0.188. The lowest BCUT2D eigenvalue weighted by atomic mass is 10.2. The highest BCUT2D eigenvalue weighted by atomic mass is 79.9. The lowest BCUT2D eigenvalue weighted by molar-refractivity contribution is 0.0526. The number of carbonyl (C=O) groups excluding carboxylic acids is 1. The second-order valence-corrected chi connectivity index (χ2v) is 6.49. The van der Waals surface area contributed by atoms with Gasteiger partial charge in [-0.2, -0.15) is 0 Å². The Morgan fingerprint density at radius 2 is 1.82 bits per heavy atom. The molecule has 3 nitrogen and oxygen atoms in total. The van der Waals surface area contributed by atoms with Crippen LogP contribution < -0.4 is 4.74 Å². The molecule has 0 unspecified atom stereocenters. The maximum Gasteiger partial charge on any atom is 0.338 e. The second kappa shape index (κ2) is 7.99. The number of rotatable bonds is 5. The van der Waals surface area contributed by atoms with E-state index in [1.165, 1.54) is 0 Å². The lowest BCUT2D eigenvalue weighted by Gasteiger charge is -2.12. The summed E-state index contributed by atoms with van der Waals surface area (Å²) in [5, 5.41) is 0.651. The largest absolute Gasteiger partial charge is 0.486 e. The molecule has 0 fully saturated rings. The van der Waals surface area contributed by atoms with E-state index >= 15 is 0 Å². The van der Waals surface area contributed by atoms with Gasteiger partial charge in [0.05, 0.1) is 21.1 Å². The third-order valence-electron chi connectivity index (χ3n) is 2.84. The normalized spacial score (nSPS) is 10.4. The van der Waals surface area contributed by atoms with Gasteiger partial charge in [-0.25, -0.2) is 4.79 Å². The fourth-order valence-electron chi connectivity index (χ4n) is 1.80. The van der Waals surface area contributed by atoms with E-state index in [9.17, 15) is 4.79 Å². The zero-order valence-corrected chi connectivity index (χ0v) is 15.7. The Hall–Kier alpha value is -1.04. The van der Waals surface area contributed by atoms with Crippen LogP contribution in [0.15, 0.2) is 45.3 Å². The van der Waals surface area contributed by atoms with Crippen LogP contribution in [-0.2, 0) is 11.3 Å². The number of halogens is 3. The molecule has 0 saturated carbocycles. The van der Waals surface area contributed by atoms with Crippen molar-refractivity contribution in [1.29, 1.82) is 0 Å². The van der Waals surface area contributed by atoms with Crippen LogP contribution in [0.3, 0.4) is 0 Å². The molecule has 0 bridgehead atoms. The minimum atomic E-state index is -0.374. The smallest absolute Gasteiger partial charge is 0.338 e. The minimum absolute atomic E-state index is 0.329. The van der Waals surface area contributed by atoms with Gasteiger partial charge in [-0.1, -0.05) is 29.8 Å². The number of benzene rings is 2. The van der Waals surface area contributed by atoms with Crippen LogP contribution in [-0.4, -0.2) is 12.6 Å². The number of esters is 1. The molecule has 0 saturated heterocycles. The minimum Gasteiger partial charge on any atom is -0.486 e. The van der Waals surface area contributed by atoms with Crippen molar-refractivity contribution in [3.8, 4) is 5.75 Å². The van der Waals surface area contributed by atoms with Gasteiger partial charge in [0.25, 0.3) is 0 Å². The van der Waals surface area contributed by atoms with Crippen molar-refractivity contribution >= 4 is 49.4 Å². The quantitative estimate of drug-likeness (QED) is 0.557. The molecule has 0 radical (unpaired) electrons. The molecule has 0 aliphatic rings. The average molecular weight is 449 g/mol. The Bertz CT molecular complexity index is 666. The van der Waals surface area contributed by atoms with E-state index in [4.69, 9.17) is 21.1 Å². The zero-order chi connectivity index (χ0) is 16.1. The summed E-state index contributed by atoms with van der Waals surface area (Å²) in [5.74, 6) is 0.231. The summed E-state index contributed by atoms with van der Waals surface area (Å²) in [7, 11) is 0. The Morgan fingerprint density at radius 3 is 2.41 bits per heavy atom. The molecule has 0 N–H and O–H groups in total. The zero-order valence-electron chi connectivity index (χ0n) is 11.7. The van der Waals surface area contributed by atoms with Crippen molar-refractivity contribution in [2.45, 2.75) is 13.5 Å². The second-order valence-electron chi connectivity index (χ2n) is 4.37. The summed E-state index contributed by atoms with van der Waals surface area (Å²) in [6, 6.07) is 10.8. The van der Waals surface area contributed by atoms with Crippen molar-refractivity contribution in [3.05, 3.63) is 61.5 Å². The third-order valence-corrected chi connectivity index (χ3v) is 4.39. The monoisotopic (exact) mass is 446 g/mol. The number of hydrogen-bond acceptors (Lipinski definition) is 3. The average Bonchev–Trinajstić information content (AvgIpc) is 2.48. The van der Waals surface area contributed by atoms with Gasteiger partial charge in [0.1, 0.15) is 12.4 Å². The first-order valence-corrected chi connectivity index (χ1v) is 8.51. The summed E-state index contributed by atoms with van der Waals surface area (Å²) >= 11 is 12.9. The summed E-state index contributed by atoms with van der Waals surface area (Å²) in [4.78, 5) is 11.8. The number of hydrogen-bond donors (Lipinski definition) is 0. The molecule has 0 aliphatic heterocycles. The number of carbonyl (C=O) groups is 1. The molecule has 0 heterocycles. The summed E-state index contributed by atoms with van der Waals surface area (Å²) in [6.07, 6.45) is 0. The Balaban J connectivity index is 2.18. The van der Waals surface area contributed by atoms with Crippen molar-refractivity contribution in [1.82, 2.24) is 0 Å². The van der Waals surface area contributed by atoms with Crippen LogP contribution in [0.2, 0.25) is 5.02 Å². The molecule has 0 spiro atoms. The van der Waals surface area contributed by atoms with Crippen molar-refractivity contribution in [3.63, 3.8) is 0 Å². The van der Waals surface area contributed by atoms with Crippen molar-refractivity contribution in [2.24, 2.45) is 0 Å². The highest BCUT2D eigenvalue weighted by Crippen LogP contribution is 2.36. The molecular weight excluding hydrogens is 435 g/mol. The first-order valence-electron chi connectivity index (χ1n) is 6.55. The Morgan fingerprint density at radius 1 is 1.18 bits per heavy atom. The molecule has 0 atom stereocenters. The number of ether oxygens (including phenoxy) is 2. The molecule has 2 rings (SSSR count). The van der Waals surface area contributed by atoms with Gasteiger partial charge in [-0.15, -0.1) is 0 Å². The predicted octanol–water partition coefficient (Wildman–Crippen LogP) is 5.62. The first kappa shape index (κ1) is 17.3. The van der Waals surface area contributed by atoms with Crippen LogP contribution in [0, 0.1) is 0 Å². The summed E-state index contributed by atoms with van der Waals surface area (Å²) in [5.41, 5.74) is 1.34. The first-order chi connectivity index (χ1) is 10.5. The maximum absolute atomic E-state index is 11.8. The van der Waals surface area contributed by atoms with Crippen LogP contribution in [0.1, 0.15) is 22.8 Å². The van der Waals surface area contributed by atoms with Crippen LogP contribution >= 0.6 is 43.5 Å². The third kappa shape index (κ3) is 4.24. The standard InChI is InChI=1S/C16H13Br2ClO3/c1-2-21-16(20)11-7-12(17)15(13(18)8-11)22-9-10-5-3-4-6-14(10)19/h3-8H,2,9H2,1H3. The van der Waals surface area contributed by atoms with E-state index in [0.717, 1.165) is 5.56 Å². The molecule has 2 aromatic rings. The maximum atomic E-state index is 11.8. The van der Waals surface area contributed by atoms with Crippen molar-refractivity contribution < 1.29 is 14.3 Å². The van der Waals surface area contributed by atoms with Gasteiger partial charge < -0.3 is 9.47 Å².